The first-order valence-corrected chi connectivity index (χ1v) is 9.92. The summed E-state index contributed by atoms with van der Waals surface area (Å²) in [5, 5.41) is 0. The van der Waals surface area contributed by atoms with E-state index < -0.39 is 18.0 Å². The maximum atomic E-state index is 12.9. The third kappa shape index (κ3) is 4.08. The fraction of sp³-hybridized carbons (Fsp3) is 0.154. The summed E-state index contributed by atoms with van der Waals surface area (Å²) in [5.74, 6) is -0.0320. The molecule has 0 amide bonds. The Bertz CT molecular complexity index is 1160. The van der Waals surface area contributed by atoms with Crippen LogP contribution in [0.2, 0.25) is 0 Å². The Balaban J connectivity index is 1.84. The van der Waals surface area contributed by atoms with Crippen molar-refractivity contribution in [1.82, 2.24) is 0 Å². The van der Waals surface area contributed by atoms with Crippen LogP contribution in [0.3, 0.4) is 0 Å². The predicted molar refractivity (Wildman–Crippen MR) is 117 cm³/mol. The average molecular weight is 414 g/mol. The molecule has 0 saturated carbocycles. The van der Waals surface area contributed by atoms with Crippen molar-refractivity contribution in [3.8, 4) is 16.9 Å². The number of ether oxygens (including phenoxy) is 3. The number of esters is 2. The summed E-state index contributed by atoms with van der Waals surface area (Å²) in [6, 6.07) is 22.8. The lowest BCUT2D eigenvalue weighted by Crippen LogP contribution is -2.07. The molecule has 1 aliphatic rings. The van der Waals surface area contributed by atoms with E-state index in [1.165, 1.54) is 6.92 Å². The second-order valence-corrected chi connectivity index (χ2v) is 7.29. The molecule has 0 aliphatic carbocycles. The van der Waals surface area contributed by atoms with Crippen LogP contribution >= 0.6 is 0 Å². The van der Waals surface area contributed by atoms with Gasteiger partial charge in [-0.05, 0) is 47.4 Å². The molecule has 0 aromatic heterocycles. The van der Waals surface area contributed by atoms with Gasteiger partial charge in [-0.3, -0.25) is 4.79 Å². The molecule has 1 aliphatic heterocycles. The summed E-state index contributed by atoms with van der Waals surface area (Å²) in [4.78, 5) is 24.8. The first-order valence-electron chi connectivity index (χ1n) is 9.92. The molecule has 1 unspecified atom stereocenters. The fourth-order valence-electron chi connectivity index (χ4n) is 3.65. The molecule has 3 aromatic rings. The minimum atomic E-state index is -0.767. The van der Waals surface area contributed by atoms with Gasteiger partial charge in [-0.15, -0.1) is 0 Å². The Morgan fingerprint density at radius 2 is 1.61 bits per heavy atom. The highest BCUT2D eigenvalue weighted by Crippen LogP contribution is 2.42. The van der Waals surface area contributed by atoms with E-state index in [1.807, 2.05) is 79.7 Å². The lowest BCUT2D eigenvalue weighted by molar-refractivity contribution is -0.143. The zero-order valence-electron chi connectivity index (χ0n) is 17.5. The first kappa shape index (κ1) is 20.4. The minimum absolute atomic E-state index is 0.221. The topological polar surface area (TPSA) is 61.8 Å². The van der Waals surface area contributed by atoms with Crippen LogP contribution in [-0.2, 0) is 19.1 Å². The van der Waals surface area contributed by atoms with E-state index in [0.29, 0.717) is 5.56 Å². The summed E-state index contributed by atoms with van der Waals surface area (Å²) >= 11 is 0. The van der Waals surface area contributed by atoms with Crippen molar-refractivity contribution in [2.75, 3.05) is 7.11 Å². The minimum Gasteiger partial charge on any atom is -0.497 e. The van der Waals surface area contributed by atoms with Gasteiger partial charge in [0.2, 0.25) is 0 Å². The zero-order chi connectivity index (χ0) is 22.0. The van der Waals surface area contributed by atoms with Crippen LogP contribution in [0, 0.1) is 6.92 Å². The third-order valence-corrected chi connectivity index (χ3v) is 5.20. The summed E-state index contributed by atoms with van der Waals surface area (Å²) < 4.78 is 16.4. The number of aryl methyl sites for hydroxylation is 1. The number of hydrogen-bond donors (Lipinski definition) is 0. The number of benzene rings is 3. The van der Waals surface area contributed by atoms with Gasteiger partial charge in [0.15, 0.2) is 11.9 Å². The summed E-state index contributed by atoms with van der Waals surface area (Å²) in [5.41, 5.74) is 4.47. The standard InChI is InChI=1S/C26H22O5/c1-16-9-10-20(18-11-13-21(29-3)14-12-18)15-22(16)23-25(30-17(2)27)24(31-26(23)28)19-7-5-4-6-8-19/h4-15,24H,1-3H3. The van der Waals surface area contributed by atoms with Gasteiger partial charge in [0.05, 0.1) is 7.11 Å². The van der Waals surface area contributed by atoms with Crippen LogP contribution in [-0.4, -0.2) is 19.0 Å². The fourth-order valence-corrected chi connectivity index (χ4v) is 3.65. The van der Waals surface area contributed by atoms with Crippen LogP contribution in [0.25, 0.3) is 16.7 Å². The molecule has 4 rings (SSSR count). The zero-order valence-corrected chi connectivity index (χ0v) is 17.5. The molecule has 0 spiro atoms. The predicted octanol–water partition coefficient (Wildman–Crippen LogP) is 5.24. The Morgan fingerprint density at radius 1 is 0.935 bits per heavy atom. The molecule has 5 nitrogen and oxygen atoms in total. The Morgan fingerprint density at radius 3 is 2.26 bits per heavy atom. The average Bonchev–Trinajstić information content (AvgIpc) is 3.10. The molecule has 31 heavy (non-hydrogen) atoms. The molecule has 156 valence electrons. The van der Waals surface area contributed by atoms with Crippen molar-refractivity contribution in [2.45, 2.75) is 20.0 Å². The van der Waals surface area contributed by atoms with Crippen LogP contribution in [0.5, 0.6) is 5.75 Å². The smallest absolute Gasteiger partial charge is 0.343 e. The van der Waals surface area contributed by atoms with Crippen LogP contribution in [0.4, 0.5) is 0 Å². The van der Waals surface area contributed by atoms with Crippen molar-refractivity contribution in [2.24, 2.45) is 0 Å². The molecule has 0 bridgehead atoms. The van der Waals surface area contributed by atoms with Gasteiger partial charge in [0, 0.05) is 12.5 Å². The van der Waals surface area contributed by atoms with Crippen LogP contribution < -0.4 is 4.74 Å². The van der Waals surface area contributed by atoms with Gasteiger partial charge < -0.3 is 14.2 Å². The largest absolute Gasteiger partial charge is 0.497 e. The van der Waals surface area contributed by atoms with Crippen molar-refractivity contribution in [3.63, 3.8) is 0 Å². The monoisotopic (exact) mass is 414 g/mol. The number of rotatable bonds is 5. The molecule has 1 heterocycles. The van der Waals surface area contributed by atoms with Gasteiger partial charge >= 0.3 is 11.9 Å². The van der Waals surface area contributed by atoms with E-state index in [0.717, 1.165) is 28.0 Å². The third-order valence-electron chi connectivity index (χ3n) is 5.20. The molecule has 0 fully saturated rings. The van der Waals surface area contributed by atoms with E-state index in [-0.39, 0.29) is 11.3 Å². The van der Waals surface area contributed by atoms with Crippen molar-refractivity contribution >= 4 is 17.5 Å². The van der Waals surface area contributed by atoms with E-state index in [2.05, 4.69) is 0 Å². The van der Waals surface area contributed by atoms with E-state index in [9.17, 15) is 9.59 Å². The lowest BCUT2D eigenvalue weighted by Gasteiger charge is -2.14. The molecule has 5 heteroatoms. The van der Waals surface area contributed by atoms with Gasteiger partial charge in [0.25, 0.3) is 0 Å². The van der Waals surface area contributed by atoms with Crippen LogP contribution in [0.15, 0.2) is 78.6 Å². The van der Waals surface area contributed by atoms with Gasteiger partial charge in [-0.25, -0.2) is 4.79 Å². The molecule has 3 aromatic carbocycles. The molecule has 0 radical (unpaired) electrons. The van der Waals surface area contributed by atoms with E-state index in [1.54, 1.807) is 7.11 Å². The van der Waals surface area contributed by atoms with Gasteiger partial charge in [-0.2, -0.15) is 0 Å². The Labute approximate surface area is 180 Å². The molecular formula is C26H22O5. The highest BCUT2D eigenvalue weighted by atomic mass is 16.6. The summed E-state index contributed by atoms with van der Waals surface area (Å²) in [7, 11) is 1.62. The van der Waals surface area contributed by atoms with E-state index >= 15 is 0 Å². The summed E-state index contributed by atoms with van der Waals surface area (Å²) in [6.45, 7) is 3.23. The van der Waals surface area contributed by atoms with Crippen molar-refractivity contribution in [1.29, 1.82) is 0 Å². The normalized spacial score (nSPS) is 15.6. The highest BCUT2D eigenvalue weighted by Gasteiger charge is 2.39. The number of cyclic esters (lactones) is 1. The maximum Gasteiger partial charge on any atom is 0.343 e. The quantitative estimate of drug-likeness (QED) is 0.534. The lowest BCUT2D eigenvalue weighted by atomic mass is 9.93. The number of carbonyl (C=O) groups is 2. The maximum absolute atomic E-state index is 12.9. The SMILES string of the molecule is COc1ccc(-c2ccc(C)c(C3=C(OC(C)=O)C(c4ccccc4)OC3=O)c2)cc1. The van der Waals surface area contributed by atoms with Crippen molar-refractivity contribution in [3.05, 3.63) is 95.2 Å². The summed E-state index contributed by atoms with van der Waals surface area (Å²) in [6.07, 6.45) is -0.767. The van der Waals surface area contributed by atoms with Gasteiger partial charge in [-0.1, -0.05) is 54.6 Å². The molecule has 0 saturated heterocycles. The first-order chi connectivity index (χ1) is 15.0. The molecule has 1 atom stereocenters. The van der Waals surface area contributed by atoms with Crippen molar-refractivity contribution < 1.29 is 23.8 Å². The highest BCUT2D eigenvalue weighted by molar-refractivity contribution is 6.20. The number of carbonyl (C=O) groups excluding carboxylic acids is 2. The van der Waals surface area contributed by atoms with Crippen LogP contribution in [0.1, 0.15) is 29.7 Å². The Hall–Kier alpha value is -3.86. The number of methoxy groups -OCH3 is 1. The molecular weight excluding hydrogens is 392 g/mol. The Kier molecular flexibility index (Phi) is 5.58. The van der Waals surface area contributed by atoms with Gasteiger partial charge in [0.1, 0.15) is 11.3 Å². The van der Waals surface area contributed by atoms with E-state index in [4.69, 9.17) is 14.2 Å². The second-order valence-electron chi connectivity index (χ2n) is 7.29. The molecule has 0 N–H and O–H groups in total. The second kappa shape index (κ2) is 8.48. The number of hydrogen-bond acceptors (Lipinski definition) is 5.